The van der Waals surface area contributed by atoms with Crippen LogP contribution in [0.4, 0.5) is 10.1 Å². The van der Waals surface area contributed by atoms with Crippen molar-refractivity contribution < 1.29 is 9.18 Å². The molecule has 1 aliphatic heterocycles. The number of nitrogens with zero attached hydrogens (tertiary/aromatic N) is 2. The normalized spacial score (nSPS) is 15.9. The highest BCUT2D eigenvalue weighted by Crippen LogP contribution is 2.24. The van der Waals surface area contributed by atoms with Gasteiger partial charge in [0.1, 0.15) is 5.82 Å². The zero-order chi connectivity index (χ0) is 14.7. The summed E-state index contributed by atoms with van der Waals surface area (Å²) in [5, 5.41) is 0. The van der Waals surface area contributed by atoms with Crippen LogP contribution in [0.2, 0.25) is 0 Å². The number of carbonyl (C=O) groups excluding carboxylic acids is 1. The summed E-state index contributed by atoms with van der Waals surface area (Å²) in [6, 6.07) is 2.59. The zero-order valence-corrected chi connectivity index (χ0v) is 12.5. The van der Waals surface area contributed by atoms with Crippen molar-refractivity contribution in [2.75, 3.05) is 38.5 Å². The van der Waals surface area contributed by atoms with Gasteiger partial charge in [-0.1, -0.05) is 5.92 Å². The fourth-order valence-corrected chi connectivity index (χ4v) is 2.62. The minimum atomic E-state index is -0.535. The number of terminal acetylenes is 1. The highest BCUT2D eigenvalue weighted by atomic mass is 79.9. The first-order valence-corrected chi connectivity index (χ1v) is 7.02. The molecule has 0 spiro atoms. The van der Waals surface area contributed by atoms with Gasteiger partial charge in [-0.15, -0.1) is 6.42 Å². The molecule has 2 N–H and O–H groups in total. The summed E-state index contributed by atoms with van der Waals surface area (Å²) in [5.74, 6) is 1.91. The van der Waals surface area contributed by atoms with E-state index >= 15 is 0 Å². The largest absolute Gasteiger partial charge is 0.396 e. The quantitative estimate of drug-likeness (QED) is 0.657. The number of halogens is 2. The number of carbonyl (C=O) groups is 1. The molecule has 1 saturated heterocycles. The van der Waals surface area contributed by atoms with Gasteiger partial charge in [0.2, 0.25) is 0 Å². The van der Waals surface area contributed by atoms with Crippen molar-refractivity contribution >= 4 is 27.5 Å². The van der Waals surface area contributed by atoms with E-state index in [4.69, 9.17) is 12.2 Å². The fraction of sp³-hybridized carbons (Fsp3) is 0.357. The number of nitrogens with two attached hydrogens (primary N) is 1. The molecular formula is C14H15BrFN3O. The second kappa shape index (κ2) is 6.25. The van der Waals surface area contributed by atoms with Gasteiger partial charge in [-0.05, 0) is 28.1 Å². The monoisotopic (exact) mass is 339 g/mol. The van der Waals surface area contributed by atoms with E-state index in [1.165, 1.54) is 12.1 Å². The van der Waals surface area contributed by atoms with Crippen molar-refractivity contribution in [3.63, 3.8) is 0 Å². The summed E-state index contributed by atoms with van der Waals surface area (Å²) >= 11 is 3.21. The lowest BCUT2D eigenvalue weighted by molar-refractivity contribution is 0.0651. The van der Waals surface area contributed by atoms with E-state index in [2.05, 4.69) is 26.8 Å². The molecule has 1 aromatic rings. The van der Waals surface area contributed by atoms with Crippen LogP contribution < -0.4 is 5.73 Å². The van der Waals surface area contributed by atoms with Gasteiger partial charge < -0.3 is 10.6 Å². The number of amides is 1. The average molecular weight is 340 g/mol. The summed E-state index contributed by atoms with van der Waals surface area (Å²) in [4.78, 5) is 16.2. The van der Waals surface area contributed by atoms with Gasteiger partial charge in [-0.25, -0.2) is 4.39 Å². The van der Waals surface area contributed by atoms with Gasteiger partial charge >= 0.3 is 0 Å². The molecule has 2 rings (SSSR count). The molecule has 0 radical (unpaired) electrons. The number of anilines is 1. The number of hydrogen-bond acceptors (Lipinski definition) is 3. The summed E-state index contributed by atoms with van der Waals surface area (Å²) in [6.07, 6.45) is 5.27. The first-order valence-electron chi connectivity index (χ1n) is 6.22. The van der Waals surface area contributed by atoms with E-state index in [0.29, 0.717) is 29.7 Å². The summed E-state index contributed by atoms with van der Waals surface area (Å²) in [6.45, 7) is 3.28. The second-order valence-corrected chi connectivity index (χ2v) is 5.48. The molecule has 0 atom stereocenters. The Morgan fingerprint density at radius 3 is 2.65 bits per heavy atom. The molecule has 6 heteroatoms. The van der Waals surface area contributed by atoms with Gasteiger partial charge in [0, 0.05) is 30.7 Å². The van der Waals surface area contributed by atoms with Gasteiger partial charge in [0.05, 0.1) is 17.8 Å². The lowest BCUT2D eigenvalue weighted by Gasteiger charge is -2.33. The van der Waals surface area contributed by atoms with Crippen LogP contribution >= 0.6 is 15.9 Å². The Balaban J connectivity index is 2.10. The van der Waals surface area contributed by atoms with E-state index < -0.39 is 5.82 Å². The van der Waals surface area contributed by atoms with Crippen molar-refractivity contribution in [3.05, 3.63) is 28.0 Å². The highest BCUT2D eigenvalue weighted by Gasteiger charge is 2.23. The predicted octanol–water partition coefficient (Wildman–Crippen LogP) is 1.56. The Labute approximate surface area is 125 Å². The first kappa shape index (κ1) is 14.8. The number of benzene rings is 1. The van der Waals surface area contributed by atoms with Crippen LogP contribution in [-0.4, -0.2) is 48.4 Å². The Morgan fingerprint density at radius 2 is 2.05 bits per heavy atom. The van der Waals surface area contributed by atoms with Crippen LogP contribution in [-0.2, 0) is 0 Å². The summed E-state index contributed by atoms with van der Waals surface area (Å²) in [7, 11) is 0. The molecule has 0 aliphatic carbocycles. The molecule has 1 heterocycles. The average Bonchev–Trinajstić information content (AvgIpc) is 2.43. The zero-order valence-electron chi connectivity index (χ0n) is 10.9. The maximum absolute atomic E-state index is 13.3. The SMILES string of the molecule is C#CCN1CCN(C(=O)c2cc(N)c(F)cc2Br)CC1. The van der Waals surface area contributed by atoms with Gasteiger partial charge in [0.15, 0.2) is 0 Å². The van der Waals surface area contributed by atoms with Crippen LogP contribution in [0.15, 0.2) is 16.6 Å². The van der Waals surface area contributed by atoms with Crippen LogP contribution in [0.25, 0.3) is 0 Å². The minimum absolute atomic E-state index is 0.0254. The number of rotatable bonds is 2. The van der Waals surface area contributed by atoms with Gasteiger partial charge in [0.25, 0.3) is 5.91 Å². The van der Waals surface area contributed by atoms with Crippen LogP contribution in [0, 0.1) is 18.2 Å². The van der Waals surface area contributed by atoms with Crippen molar-refractivity contribution in [2.45, 2.75) is 0 Å². The summed E-state index contributed by atoms with van der Waals surface area (Å²) < 4.78 is 13.7. The number of piperazine rings is 1. The van der Waals surface area contributed by atoms with Gasteiger partial charge in [-0.3, -0.25) is 9.69 Å². The molecule has 0 bridgehead atoms. The third-order valence-electron chi connectivity index (χ3n) is 3.29. The summed E-state index contributed by atoms with van der Waals surface area (Å²) in [5.41, 5.74) is 5.88. The topological polar surface area (TPSA) is 49.6 Å². The van der Waals surface area contributed by atoms with Crippen molar-refractivity contribution in [2.24, 2.45) is 0 Å². The highest BCUT2D eigenvalue weighted by molar-refractivity contribution is 9.10. The van der Waals surface area contributed by atoms with Crippen molar-refractivity contribution in [3.8, 4) is 12.3 Å². The third kappa shape index (κ3) is 3.11. The van der Waals surface area contributed by atoms with Crippen molar-refractivity contribution in [1.82, 2.24) is 9.80 Å². The molecule has 1 aliphatic rings. The molecule has 1 fully saturated rings. The molecule has 0 saturated carbocycles. The van der Waals surface area contributed by atoms with E-state index in [9.17, 15) is 9.18 Å². The lowest BCUT2D eigenvalue weighted by Crippen LogP contribution is -2.48. The molecular weight excluding hydrogens is 325 g/mol. The second-order valence-electron chi connectivity index (χ2n) is 4.63. The lowest BCUT2D eigenvalue weighted by atomic mass is 10.1. The first-order chi connectivity index (χ1) is 9.52. The van der Waals surface area contributed by atoms with Crippen LogP contribution in [0.1, 0.15) is 10.4 Å². The van der Waals surface area contributed by atoms with E-state index in [0.717, 1.165) is 13.1 Å². The maximum atomic E-state index is 13.3. The molecule has 4 nitrogen and oxygen atoms in total. The predicted molar refractivity (Wildman–Crippen MR) is 79.7 cm³/mol. The Morgan fingerprint density at radius 1 is 1.40 bits per heavy atom. The molecule has 0 aromatic heterocycles. The standard InChI is InChI=1S/C14H15BrFN3O/c1-2-3-18-4-6-19(7-5-18)14(20)10-8-13(17)12(16)9-11(10)15/h1,8-9H,3-7,17H2. The van der Waals surface area contributed by atoms with Gasteiger partial charge in [-0.2, -0.15) is 0 Å². The molecule has 20 heavy (non-hydrogen) atoms. The number of nitrogen functional groups attached to an aromatic ring is 1. The smallest absolute Gasteiger partial charge is 0.255 e. The van der Waals surface area contributed by atoms with E-state index in [1.54, 1.807) is 4.90 Å². The minimum Gasteiger partial charge on any atom is -0.396 e. The maximum Gasteiger partial charge on any atom is 0.255 e. The fourth-order valence-electron chi connectivity index (χ4n) is 2.14. The Hall–Kier alpha value is -1.58. The van der Waals surface area contributed by atoms with Crippen LogP contribution in [0.5, 0.6) is 0 Å². The Kier molecular flexibility index (Phi) is 4.63. The molecule has 106 valence electrons. The van der Waals surface area contributed by atoms with Crippen molar-refractivity contribution in [1.29, 1.82) is 0 Å². The molecule has 0 unspecified atom stereocenters. The molecule has 1 amide bonds. The molecule has 1 aromatic carbocycles. The third-order valence-corrected chi connectivity index (χ3v) is 3.95. The van der Waals surface area contributed by atoms with Crippen LogP contribution in [0.3, 0.4) is 0 Å². The number of hydrogen-bond donors (Lipinski definition) is 1. The van der Waals surface area contributed by atoms with E-state index in [1.807, 2.05) is 0 Å². The Bertz CT molecular complexity index is 562. The van der Waals surface area contributed by atoms with E-state index in [-0.39, 0.29) is 11.6 Å².